The van der Waals surface area contributed by atoms with Gasteiger partial charge in [-0.15, -0.1) is 0 Å². The Morgan fingerprint density at radius 2 is 1.69 bits per heavy atom. The predicted octanol–water partition coefficient (Wildman–Crippen LogP) is 5.74. The Kier molecular flexibility index (Phi) is 9.48. The van der Waals surface area contributed by atoms with Crippen LogP contribution in [0.2, 0.25) is 0 Å². The van der Waals surface area contributed by atoms with E-state index in [0.717, 1.165) is 5.56 Å². The van der Waals surface area contributed by atoms with Crippen LogP contribution in [0.25, 0.3) is 0 Å². The molecule has 3 rings (SSSR count). The number of rotatable bonds is 11. The molecule has 0 spiro atoms. The molecule has 35 heavy (non-hydrogen) atoms. The van der Waals surface area contributed by atoms with E-state index >= 15 is 0 Å². The summed E-state index contributed by atoms with van der Waals surface area (Å²) in [5.41, 5.74) is 4.38. The Bertz CT molecular complexity index is 1190. The number of amides is 1. The summed E-state index contributed by atoms with van der Waals surface area (Å²) >= 11 is 3.51. The predicted molar refractivity (Wildman–Crippen MR) is 135 cm³/mol. The van der Waals surface area contributed by atoms with E-state index in [1.165, 1.54) is 25.5 Å². The molecule has 0 fully saturated rings. The van der Waals surface area contributed by atoms with Gasteiger partial charge in [0.25, 0.3) is 5.91 Å². The van der Waals surface area contributed by atoms with Crippen LogP contribution in [0.15, 0.2) is 64.2 Å². The van der Waals surface area contributed by atoms with Crippen LogP contribution in [0.3, 0.4) is 0 Å². The van der Waals surface area contributed by atoms with Crippen LogP contribution in [-0.4, -0.2) is 32.4 Å². The zero-order valence-electron chi connectivity index (χ0n) is 19.6. The molecule has 0 atom stereocenters. The first-order valence-electron chi connectivity index (χ1n) is 10.9. The number of halogens is 2. The molecule has 3 aromatic carbocycles. The zero-order valence-corrected chi connectivity index (χ0v) is 21.2. The average Bonchev–Trinajstić information content (AvgIpc) is 2.85. The Balaban J connectivity index is 1.70. The fourth-order valence-electron chi connectivity index (χ4n) is 3.12. The minimum Gasteiger partial charge on any atom is -0.493 e. The molecule has 0 saturated heterocycles. The third-order valence-corrected chi connectivity index (χ3v) is 5.32. The second-order valence-electron chi connectivity index (χ2n) is 7.18. The second-order valence-corrected chi connectivity index (χ2v) is 8.03. The maximum absolute atomic E-state index is 13.1. The lowest BCUT2D eigenvalue weighted by Gasteiger charge is -2.14. The first-order chi connectivity index (χ1) is 16.9. The highest BCUT2D eigenvalue weighted by Crippen LogP contribution is 2.37. The molecule has 3 aromatic rings. The molecule has 0 unspecified atom stereocenters. The van der Waals surface area contributed by atoms with Gasteiger partial charge in [0.1, 0.15) is 12.4 Å². The van der Waals surface area contributed by atoms with Crippen LogP contribution in [0.5, 0.6) is 23.0 Å². The lowest BCUT2D eigenvalue weighted by molar-refractivity contribution is 0.0954. The number of hydrazone groups is 1. The van der Waals surface area contributed by atoms with E-state index in [9.17, 15) is 9.18 Å². The Labute approximate surface area is 212 Å². The molecule has 0 aliphatic rings. The molecule has 0 radical (unpaired) electrons. The molecule has 0 bridgehead atoms. The molecule has 7 nitrogen and oxygen atoms in total. The van der Waals surface area contributed by atoms with E-state index < -0.39 is 5.91 Å². The Hall–Kier alpha value is -3.59. The van der Waals surface area contributed by atoms with Gasteiger partial charge in [0, 0.05) is 5.56 Å². The van der Waals surface area contributed by atoms with Crippen LogP contribution in [0.1, 0.15) is 35.3 Å². The summed E-state index contributed by atoms with van der Waals surface area (Å²) in [5.74, 6) is 1.34. The van der Waals surface area contributed by atoms with Gasteiger partial charge in [-0.05, 0) is 83.4 Å². The lowest BCUT2D eigenvalue weighted by atomic mass is 10.2. The molecule has 0 aromatic heterocycles. The first kappa shape index (κ1) is 26.0. The summed E-state index contributed by atoms with van der Waals surface area (Å²) in [6, 6.07) is 14.5. The molecule has 184 valence electrons. The molecular weight excluding hydrogens is 519 g/mol. The highest BCUT2D eigenvalue weighted by molar-refractivity contribution is 9.10. The molecular formula is C26H26BrFN2O5. The van der Waals surface area contributed by atoms with Crippen LogP contribution in [0.4, 0.5) is 4.39 Å². The fourth-order valence-corrected chi connectivity index (χ4v) is 3.69. The number of nitrogens with one attached hydrogen (secondary N) is 1. The van der Waals surface area contributed by atoms with Gasteiger partial charge in [-0.1, -0.05) is 12.1 Å². The zero-order chi connectivity index (χ0) is 25.2. The molecule has 0 saturated carbocycles. The van der Waals surface area contributed by atoms with Gasteiger partial charge >= 0.3 is 0 Å². The largest absolute Gasteiger partial charge is 0.493 e. The van der Waals surface area contributed by atoms with Gasteiger partial charge in [-0.25, -0.2) is 9.82 Å². The summed E-state index contributed by atoms with van der Waals surface area (Å²) in [7, 11) is 1.51. The van der Waals surface area contributed by atoms with Crippen LogP contribution >= 0.6 is 15.9 Å². The van der Waals surface area contributed by atoms with Crippen molar-refractivity contribution in [2.45, 2.75) is 20.5 Å². The Morgan fingerprint density at radius 3 is 2.37 bits per heavy atom. The number of carbonyl (C=O) groups excluding carboxylic acids is 1. The van der Waals surface area contributed by atoms with Crippen molar-refractivity contribution in [3.8, 4) is 23.0 Å². The number of ether oxygens (including phenoxy) is 4. The van der Waals surface area contributed by atoms with E-state index in [1.807, 2.05) is 13.8 Å². The lowest BCUT2D eigenvalue weighted by Crippen LogP contribution is -2.17. The maximum atomic E-state index is 13.1. The molecule has 0 aliphatic carbocycles. The number of nitrogens with zero attached hydrogens (tertiary/aromatic N) is 1. The van der Waals surface area contributed by atoms with E-state index in [-0.39, 0.29) is 12.4 Å². The number of hydrogen-bond acceptors (Lipinski definition) is 6. The molecule has 1 amide bonds. The quantitative estimate of drug-likeness (QED) is 0.246. The van der Waals surface area contributed by atoms with E-state index in [4.69, 9.17) is 18.9 Å². The van der Waals surface area contributed by atoms with E-state index in [1.54, 1.807) is 42.5 Å². The van der Waals surface area contributed by atoms with Gasteiger partial charge < -0.3 is 18.9 Å². The van der Waals surface area contributed by atoms with E-state index in [0.29, 0.717) is 51.8 Å². The standard InChI is InChI=1S/C26H26BrFN2O5/c1-4-33-22-11-8-19(14-23(22)32-3)26(31)30-29-15-18-12-21(27)25(24(13-18)34-5-2)35-16-17-6-9-20(28)10-7-17/h6-15H,4-5,16H2,1-3H3,(H,30,31)/b29-15+. The fraction of sp³-hybridized carbons (Fsp3) is 0.231. The molecule has 1 N–H and O–H groups in total. The van der Waals surface area contributed by atoms with Crippen LogP contribution < -0.4 is 24.4 Å². The van der Waals surface area contributed by atoms with Crippen molar-refractivity contribution < 1.29 is 28.1 Å². The monoisotopic (exact) mass is 544 g/mol. The third-order valence-electron chi connectivity index (χ3n) is 4.73. The smallest absolute Gasteiger partial charge is 0.271 e. The summed E-state index contributed by atoms with van der Waals surface area (Å²) in [5, 5.41) is 4.06. The van der Waals surface area contributed by atoms with E-state index in [2.05, 4.69) is 26.5 Å². The topological polar surface area (TPSA) is 78.4 Å². The highest BCUT2D eigenvalue weighted by atomic mass is 79.9. The van der Waals surface area contributed by atoms with Crippen molar-refractivity contribution in [2.75, 3.05) is 20.3 Å². The number of hydrogen-bond donors (Lipinski definition) is 1. The minimum atomic E-state index is -0.397. The molecule has 9 heteroatoms. The maximum Gasteiger partial charge on any atom is 0.271 e. The molecule has 0 aliphatic heterocycles. The summed E-state index contributed by atoms with van der Waals surface area (Å²) in [4.78, 5) is 12.5. The summed E-state index contributed by atoms with van der Waals surface area (Å²) in [6.07, 6.45) is 1.50. The van der Waals surface area contributed by atoms with Gasteiger partial charge in [-0.2, -0.15) is 5.10 Å². The highest BCUT2D eigenvalue weighted by Gasteiger charge is 2.13. The summed E-state index contributed by atoms with van der Waals surface area (Å²) in [6.45, 7) is 4.89. The van der Waals surface area contributed by atoms with Crippen molar-refractivity contribution in [3.05, 3.63) is 81.6 Å². The van der Waals surface area contributed by atoms with Gasteiger partial charge in [0.15, 0.2) is 23.0 Å². The van der Waals surface area contributed by atoms with Crippen LogP contribution in [-0.2, 0) is 6.61 Å². The number of carbonyl (C=O) groups is 1. The van der Waals surface area contributed by atoms with Crippen LogP contribution in [0, 0.1) is 5.82 Å². The van der Waals surface area contributed by atoms with Crippen molar-refractivity contribution in [1.82, 2.24) is 5.43 Å². The van der Waals surface area contributed by atoms with Gasteiger partial charge in [-0.3, -0.25) is 4.79 Å². The molecule has 0 heterocycles. The normalized spacial score (nSPS) is 10.8. The average molecular weight is 545 g/mol. The van der Waals surface area contributed by atoms with Crippen molar-refractivity contribution in [3.63, 3.8) is 0 Å². The summed E-state index contributed by atoms with van der Waals surface area (Å²) < 4.78 is 36.2. The van der Waals surface area contributed by atoms with Gasteiger partial charge in [0.05, 0.1) is 31.0 Å². The minimum absolute atomic E-state index is 0.244. The Morgan fingerprint density at radius 1 is 0.971 bits per heavy atom. The third kappa shape index (κ3) is 7.19. The second kappa shape index (κ2) is 12.8. The SMILES string of the molecule is CCOc1ccc(C(=O)N/N=C/c2cc(Br)c(OCc3ccc(F)cc3)c(OCC)c2)cc1OC. The van der Waals surface area contributed by atoms with Crippen molar-refractivity contribution >= 4 is 28.1 Å². The first-order valence-corrected chi connectivity index (χ1v) is 11.7. The van der Waals surface area contributed by atoms with Gasteiger partial charge in [0.2, 0.25) is 0 Å². The number of benzene rings is 3. The van der Waals surface area contributed by atoms with Crippen molar-refractivity contribution in [1.29, 1.82) is 0 Å². The van der Waals surface area contributed by atoms with Crippen molar-refractivity contribution in [2.24, 2.45) is 5.10 Å². The number of methoxy groups -OCH3 is 1.